The van der Waals surface area contributed by atoms with Gasteiger partial charge in [-0.15, -0.1) is 0 Å². The van der Waals surface area contributed by atoms with E-state index in [9.17, 15) is 23.2 Å². The van der Waals surface area contributed by atoms with Gasteiger partial charge >= 0.3 is 12.3 Å². The largest absolute Gasteiger partial charge is 0.442 e. The minimum Gasteiger partial charge on any atom is -0.442 e. The summed E-state index contributed by atoms with van der Waals surface area (Å²) in [6, 6.07) is 7.15. The lowest BCUT2D eigenvalue weighted by Crippen LogP contribution is -2.47. The Hall–Kier alpha value is -3.35. The smallest absolute Gasteiger partial charge is 0.429 e. The molecular formula is C19H20F3N5O2. The van der Waals surface area contributed by atoms with Crippen LogP contribution in [0.25, 0.3) is 0 Å². The Morgan fingerprint density at radius 3 is 2.41 bits per heavy atom. The summed E-state index contributed by atoms with van der Waals surface area (Å²) in [7, 11) is 1.50. The third-order valence-electron chi connectivity index (χ3n) is 3.64. The molecule has 0 aliphatic carbocycles. The van der Waals surface area contributed by atoms with Gasteiger partial charge in [0.05, 0.1) is 23.4 Å². The molecular weight excluding hydrogens is 387 g/mol. The zero-order chi connectivity index (χ0) is 21.8. The standard InChI is InChI=1S/C19H20F3N5O2/c1-18(2,3)29-17(28)27(26(4)16-13(10-23)6-5-9-24-16)12-15-8-7-14(11-25-15)19(20,21)22/h5-9,11H,12H2,1-4H3. The van der Waals surface area contributed by atoms with Crippen molar-refractivity contribution in [3.05, 3.63) is 53.5 Å². The first-order chi connectivity index (χ1) is 13.4. The number of halogens is 3. The van der Waals surface area contributed by atoms with Gasteiger partial charge in [-0.25, -0.2) is 14.8 Å². The second kappa shape index (κ2) is 8.34. The van der Waals surface area contributed by atoms with Crippen LogP contribution >= 0.6 is 0 Å². The Bertz CT molecular complexity index is 902. The molecule has 0 spiro atoms. The monoisotopic (exact) mass is 407 g/mol. The molecule has 0 aliphatic rings. The molecule has 154 valence electrons. The van der Waals surface area contributed by atoms with Crippen molar-refractivity contribution in [2.24, 2.45) is 0 Å². The van der Waals surface area contributed by atoms with Crippen LogP contribution in [-0.4, -0.2) is 33.7 Å². The van der Waals surface area contributed by atoms with Crippen molar-refractivity contribution in [2.75, 3.05) is 12.1 Å². The van der Waals surface area contributed by atoms with E-state index >= 15 is 0 Å². The van der Waals surface area contributed by atoms with Crippen LogP contribution in [0, 0.1) is 11.3 Å². The maximum Gasteiger partial charge on any atom is 0.429 e. The number of nitrogens with zero attached hydrogens (tertiary/aromatic N) is 5. The molecule has 0 atom stereocenters. The first kappa shape index (κ1) is 21.9. The van der Waals surface area contributed by atoms with E-state index in [0.717, 1.165) is 11.1 Å². The van der Waals surface area contributed by atoms with Gasteiger partial charge in [-0.1, -0.05) is 0 Å². The molecule has 0 aromatic carbocycles. The van der Waals surface area contributed by atoms with Crippen molar-refractivity contribution in [2.45, 2.75) is 39.1 Å². The van der Waals surface area contributed by atoms with E-state index in [2.05, 4.69) is 9.97 Å². The second-order valence-electron chi connectivity index (χ2n) is 7.08. The third kappa shape index (κ3) is 5.81. The fourth-order valence-electron chi connectivity index (χ4n) is 2.30. The first-order valence-electron chi connectivity index (χ1n) is 8.54. The quantitative estimate of drug-likeness (QED) is 0.708. The van der Waals surface area contributed by atoms with Crippen LogP contribution < -0.4 is 5.01 Å². The summed E-state index contributed by atoms with van der Waals surface area (Å²) in [5, 5.41) is 11.7. The number of rotatable bonds is 4. The molecule has 0 unspecified atom stereocenters. The molecule has 0 N–H and O–H groups in total. The van der Waals surface area contributed by atoms with Crippen molar-refractivity contribution < 1.29 is 22.7 Å². The lowest BCUT2D eigenvalue weighted by Gasteiger charge is -2.34. The molecule has 7 nitrogen and oxygen atoms in total. The molecule has 2 heterocycles. The molecule has 1 amide bonds. The van der Waals surface area contributed by atoms with E-state index < -0.39 is 23.4 Å². The Morgan fingerprint density at radius 2 is 1.90 bits per heavy atom. The van der Waals surface area contributed by atoms with Gasteiger partial charge in [0.15, 0.2) is 5.82 Å². The van der Waals surface area contributed by atoms with Gasteiger partial charge < -0.3 is 4.74 Å². The summed E-state index contributed by atoms with van der Waals surface area (Å²) in [6.07, 6.45) is -3.13. The van der Waals surface area contributed by atoms with Crippen LogP contribution in [0.15, 0.2) is 36.7 Å². The number of hydrogen-bond acceptors (Lipinski definition) is 6. The van der Waals surface area contributed by atoms with Gasteiger partial charge in [-0.05, 0) is 45.0 Å². The van der Waals surface area contributed by atoms with E-state index in [1.165, 1.54) is 30.4 Å². The molecule has 0 radical (unpaired) electrons. The summed E-state index contributed by atoms with van der Waals surface area (Å²) < 4.78 is 43.7. The van der Waals surface area contributed by atoms with Crippen molar-refractivity contribution in [1.29, 1.82) is 5.26 Å². The van der Waals surface area contributed by atoms with Gasteiger partial charge in [-0.3, -0.25) is 9.99 Å². The lowest BCUT2D eigenvalue weighted by molar-refractivity contribution is -0.137. The molecule has 0 saturated heterocycles. The van der Waals surface area contributed by atoms with E-state index in [1.54, 1.807) is 26.8 Å². The highest BCUT2D eigenvalue weighted by molar-refractivity contribution is 5.71. The van der Waals surface area contributed by atoms with Crippen molar-refractivity contribution in [3.8, 4) is 6.07 Å². The number of hydrogen-bond donors (Lipinski definition) is 0. The van der Waals surface area contributed by atoms with Gasteiger partial charge in [0.2, 0.25) is 0 Å². The minimum absolute atomic E-state index is 0.188. The number of aromatic nitrogens is 2. The maximum absolute atomic E-state index is 12.8. The van der Waals surface area contributed by atoms with Crippen LogP contribution in [0.4, 0.5) is 23.8 Å². The zero-order valence-corrected chi connectivity index (χ0v) is 16.4. The Balaban J connectivity index is 2.37. The molecule has 0 fully saturated rings. The number of pyridine rings is 2. The Labute approximate surface area is 166 Å². The number of nitriles is 1. The normalized spacial score (nSPS) is 11.5. The van der Waals surface area contributed by atoms with Crippen LogP contribution in [0.3, 0.4) is 0 Å². The highest BCUT2D eigenvalue weighted by Gasteiger charge is 2.31. The van der Waals surface area contributed by atoms with Crippen LogP contribution in [0.5, 0.6) is 0 Å². The summed E-state index contributed by atoms with van der Waals surface area (Å²) in [5.41, 5.74) is -1.30. The highest BCUT2D eigenvalue weighted by atomic mass is 19.4. The Morgan fingerprint density at radius 1 is 1.21 bits per heavy atom. The number of ether oxygens (including phenoxy) is 1. The summed E-state index contributed by atoms with van der Waals surface area (Å²) in [6.45, 7) is 4.85. The average Bonchev–Trinajstić information content (AvgIpc) is 2.63. The molecule has 0 saturated carbocycles. The van der Waals surface area contributed by atoms with Crippen LogP contribution in [0.2, 0.25) is 0 Å². The van der Waals surface area contributed by atoms with Crippen LogP contribution in [0.1, 0.15) is 37.6 Å². The van der Waals surface area contributed by atoms with Gasteiger partial charge in [0.25, 0.3) is 0 Å². The minimum atomic E-state index is -4.51. The fourth-order valence-corrected chi connectivity index (χ4v) is 2.30. The molecule has 0 aliphatic heterocycles. The highest BCUT2D eigenvalue weighted by Crippen LogP contribution is 2.28. The van der Waals surface area contributed by atoms with Crippen molar-refractivity contribution in [1.82, 2.24) is 15.0 Å². The van der Waals surface area contributed by atoms with Crippen LogP contribution in [-0.2, 0) is 17.5 Å². The van der Waals surface area contributed by atoms with Gasteiger partial charge in [0.1, 0.15) is 11.7 Å². The third-order valence-corrected chi connectivity index (χ3v) is 3.64. The predicted molar refractivity (Wildman–Crippen MR) is 98.4 cm³/mol. The number of alkyl halides is 3. The topological polar surface area (TPSA) is 82.4 Å². The number of amides is 1. The summed E-state index contributed by atoms with van der Waals surface area (Å²) in [5.74, 6) is 0.188. The number of carbonyl (C=O) groups is 1. The van der Waals surface area contributed by atoms with Gasteiger partial charge in [-0.2, -0.15) is 18.4 Å². The lowest BCUT2D eigenvalue weighted by atomic mass is 10.2. The number of carbonyl (C=O) groups excluding carboxylic acids is 1. The Kier molecular flexibility index (Phi) is 6.31. The molecule has 2 aromatic rings. The number of hydrazine groups is 1. The molecule has 2 aromatic heterocycles. The first-order valence-corrected chi connectivity index (χ1v) is 8.54. The second-order valence-corrected chi connectivity index (χ2v) is 7.08. The molecule has 29 heavy (non-hydrogen) atoms. The fraction of sp³-hybridized carbons (Fsp3) is 0.368. The summed E-state index contributed by atoms with van der Waals surface area (Å²) >= 11 is 0. The van der Waals surface area contributed by atoms with Crippen molar-refractivity contribution in [3.63, 3.8) is 0 Å². The maximum atomic E-state index is 12.8. The number of anilines is 1. The average molecular weight is 407 g/mol. The van der Waals surface area contributed by atoms with E-state index in [4.69, 9.17) is 4.74 Å². The summed E-state index contributed by atoms with van der Waals surface area (Å²) in [4.78, 5) is 20.7. The molecule has 2 rings (SSSR count). The predicted octanol–water partition coefficient (Wildman–Crippen LogP) is 4.16. The molecule has 0 bridgehead atoms. The molecule has 10 heteroatoms. The van der Waals surface area contributed by atoms with Crippen molar-refractivity contribution >= 4 is 11.9 Å². The SMILES string of the molecule is CN(c1ncccc1C#N)N(Cc1ccc(C(F)(F)F)cn1)C(=O)OC(C)(C)C. The van der Waals surface area contributed by atoms with E-state index in [-0.39, 0.29) is 23.6 Å². The van der Waals surface area contributed by atoms with Gasteiger partial charge in [0, 0.05) is 19.4 Å². The van der Waals surface area contributed by atoms with E-state index in [1.807, 2.05) is 6.07 Å². The van der Waals surface area contributed by atoms with E-state index in [0.29, 0.717) is 6.20 Å². The zero-order valence-electron chi connectivity index (χ0n) is 16.4.